The summed E-state index contributed by atoms with van der Waals surface area (Å²) in [4.78, 5) is 0. The average molecular weight is 283 g/mol. The quantitative estimate of drug-likeness (QED) is 0.829. The standard InChI is InChI=1S/C16H23F2NO/c1-12(19-11-13-5-3-2-4-6-13)14-7-9-15(10-8-14)20-16(17)18/h7-10,12-13,16,19H,2-6,11H2,1H3. The van der Waals surface area contributed by atoms with E-state index in [1.807, 2.05) is 12.1 Å². The van der Waals surface area contributed by atoms with Crippen LogP contribution in [-0.2, 0) is 0 Å². The number of hydrogen-bond donors (Lipinski definition) is 1. The fraction of sp³-hybridized carbons (Fsp3) is 0.625. The van der Waals surface area contributed by atoms with Crippen LogP contribution in [0.4, 0.5) is 8.78 Å². The fourth-order valence-corrected chi connectivity index (χ4v) is 2.79. The van der Waals surface area contributed by atoms with Crippen LogP contribution in [-0.4, -0.2) is 13.2 Å². The minimum absolute atomic E-state index is 0.211. The minimum atomic E-state index is -2.76. The molecule has 0 amide bonds. The molecule has 2 rings (SSSR count). The van der Waals surface area contributed by atoms with Crippen LogP contribution in [0, 0.1) is 5.92 Å². The molecule has 1 aliphatic rings. The SMILES string of the molecule is CC(NCC1CCCCC1)c1ccc(OC(F)F)cc1. The first-order chi connectivity index (χ1) is 9.65. The Balaban J connectivity index is 1.80. The van der Waals surface area contributed by atoms with E-state index in [0.29, 0.717) is 0 Å². The van der Waals surface area contributed by atoms with Crippen LogP contribution in [0.1, 0.15) is 50.6 Å². The van der Waals surface area contributed by atoms with Gasteiger partial charge in [-0.2, -0.15) is 8.78 Å². The van der Waals surface area contributed by atoms with Crippen LogP contribution in [0.3, 0.4) is 0 Å². The monoisotopic (exact) mass is 283 g/mol. The number of alkyl halides is 2. The average Bonchev–Trinajstić information content (AvgIpc) is 2.46. The van der Waals surface area contributed by atoms with Crippen LogP contribution in [0.25, 0.3) is 0 Å². The zero-order valence-electron chi connectivity index (χ0n) is 11.9. The molecule has 1 N–H and O–H groups in total. The maximum atomic E-state index is 12.1. The third kappa shape index (κ3) is 4.75. The second kappa shape index (κ2) is 7.58. The molecule has 4 heteroatoms. The predicted molar refractivity (Wildman–Crippen MR) is 76.1 cm³/mol. The third-order valence-corrected chi connectivity index (χ3v) is 4.04. The van der Waals surface area contributed by atoms with Crippen molar-refractivity contribution in [1.29, 1.82) is 0 Å². The van der Waals surface area contributed by atoms with Gasteiger partial charge in [-0.25, -0.2) is 0 Å². The summed E-state index contributed by atoms with van der Waals surface area (Å²) >= 11 is 0. The van der Waals surface area contributed by atoms with Gasteiger partial charge in [-0.3, -0.25) is 0 Å². The van der Waals surface area contributed by atoms with Gasteiger partial charge in [0.15, 0.2) is 0 Å². The minimum Gasteiger partial charge on any atom is -0.435 e. The van der Waals surface area contributed by atoms with Crippen LogP contribution in [0.15, 0.2) is 24.3 Å². The Morgan fingerprint density at radius 3 is 2.40 bits per heavy atom. The third-order valence-electron chi connectivity index (χ3n) is 4.04. The van der Waals surface area contributed by atoms with E-state index in [2.05, 4.69) is 17.0 Å². The van der Waals surface area contributed by atoms with E-state index in [-0.39, 0.29) is 11.8 Å². The Morgan fingerprint density at radius 2 is 1.80 bits per heavy atom. The first-order valence-electron chi connectivity index (χ1n) is 7.43. The van der Waals surface area contributed by atoms with Crippen molar-refractivity contribution in [3.63, 3.8) is 0 Å². The van der Waals surface area contributed by atoms with Crippen LogP contribution < -0.4 is 10.1 Å². The Kier molecular flexibility index (Phi) is 5.77. The highest BCUT2D eigenvalue weighted by molar-refractivity contribution is 5.28. The molecule has 1 fully saturated rings. The van der Waals surface area contributed by atoms with Gasteiger partial charge < -0.3 is 10.1 Å². The molecule has 0 radical (unpaired) electrons. The molecular weight excluding hydrogens is 260 g/mol. The zero-order chi connectivity index (χ0) is 14.4. The summed E-state index contributed by atoms with van der Waals surface area (Å²) in [7, 11) is 0. The van der Waals surface area contributed by atoms with Crippen molar-refractivity contribution in [2.45, 2.75) is 51.7 Å². The van der Waals surface area contributed by atoms with Gasteiger partial charge >= 0.3 is 6.61 Å². The summed E-state index contributed by atoms with van der Waals surface area (Å²) < 4.78 is 28.5. The summed E-state index contributed by atoms with van der Waals surface area (Å²) in [6.45, 7) is 0.380. The molecule has 0 heterocycles. The van der Waals surface area contributed by atoms with E-state index < -0.39 is 6.61 Å². The van der Waals surface area contributed by atoms with Crippen molar-refractivity contribution in [3.8, 4) is 5.75 Å². The Bertz CT molecular complexity index is 388. The summed E-state index contributed by atoms with van der Waals surface area (Å²) in [5.74, 6) is 0.996. The van der Waals surface area contributed by atoms with Crippen molar-refractivity contribution in [2.75, 3.05) is 6.54 Å². The number of benzene rings is 1. The van der Waals surface area contributed by atoms with Crippen molar-refractivity contribution < 1.29 is 13.5 Å². The Hall–Kier alpha value is -1.16. The first kappa shape index (κ1) is 15.2. The topological polar surface area (TPSA) is 21.3 Å². The van der Waals surface area contributed by atoms with Gasteiger partial charge in [0.1, 0.15) is 5.75 Å². The van der Waals surface area contributed by atoms with Gasteiger partial charge in [-0.1, -0.05) is 31.4 Å². The number of ether oxygens (including phenoxy) is 1. The van der Waals surface area contributed by atoms with Crippen molar-refractivity contribution in [3.05, 3.63) is 29.8 Å². The first-order valence-corrected chi connectivity index (χ1v) is 7.43. The van der Waals surface area contributed by atoms with Crippen molar-refractivity contribution in [1.82, 2.24) is 5.32 Å². The number of nitrogens with one attached hydrogen (secondary N) is 1. The molecule has 0 aliphatic heterocycles. The molecule has 1 aromatic carbocycles. The van der Waals surface area contributed by atoms with Gasteiger partial charge in [0.25, 0.3) is 0 Å². The molecule has 0 bridgehead atoms. The molecule has 0 saturated heterocycles. The highest BCUT2D eigenvalue weighted by Gasteiger charge is 2.14. The molecule has 1 saturated carbocycles. The van der Waals surface area contributed by atoms with Gasteiger partial charge in [0.2, 0.25) is 0 Å². The lowest BCUT2D eigenvalue weighted by molar-refractivity contribution is -0.0498. The Morgan fingerprint density at radius 1 is 1.15 bits per heavy atom. The number of hydrogen-bond acceptors (Lipinski definition) is 2. The van der Waals surface area contributed by atoms with E-state index in [1.165, 1.54) is 32.1 Å². The molecule has 112 valence electrons. The molecule has 1 unspecified atom stereocenters. The number of rotatable bonds is 6. The van der Waals surface area contributed by atoms with Crippen LogP contribution in [0.5, 0.6) is 5.75 Å². The van der Waals surface area contributed by atoms with Crippen molar-refractivity contribution >= 4 is 0 Å². The van der Waals surface area contributed by atoms with E-state index in [9.17, 15) is 8.78 Å². The predicted octanol–water partition coefficient (Wildman–Crippen LogP) is 4.52. The van der Waals surface area contributed by atoms with E-state index in [4.69, 9.17) is 0 Å². The lowest BCUT2D eigenvalue weighted by Gasteiger charge is -2.24. The molecule has 1 aliphatic carbocycles. The maximum Gasteiger partial charge on any atom is 0.387 e. The summed E-state index contributed by atoms with van der Waals surface area (Å²) in [5.41, 5.74) is 1.10. The Labute approximate surface area is 119 Å². The zero-order valence-corrected chi connectivity index (χ0v) is 11.9. The molecular formula is C16H23F2NO. The lowest BCUT2D eigenvalue weighted by atomic mass is 9.89. The second-order valence-electron chi connectivity index (χ2n) is 5.58. The molecule has 1 aromatic rings. The molecule has 20 heavy (non-hydrogen) atoms. The van der Waals surface area contributed by atoms with Crippen LogP contribution >= 0.6 is 0 Å². The van der Waals surface area contributed by atoms with Gasteiger partial charge in [-0.05, 0) is 49.9 Å². The smallest absolute Gasteiger partial charge is 0.387 e. The van der Waals surface area contributed by atoms with E-state index >= 15 is 0 Å². The fourth-order valence-electron chi connectivity index (χ4n) is 2.79. The molecule has 0 aromatic heterocycles. The largest absolute Gasteiger partial charge is 0.435 e. The molecule has 2 nitrogen and oxygen atoms in total. The van der Waals surface area contributed by atoms with E-state index in [0.717, 1.165) is 18.0 Å². The second-order valence-corrected chi connectivity index (χ2v) is 5.58. The molecule has 1 atom stereocenters. The van der Waals surface area contributed by atoms with E-state index in [1.54, 1.807) is 12.1 Å². The summed E-state index contributed by atoms with van der Waals surface area (Å²) in [6, 6.07) is 7.12. The highest BCUT2D eigenvalue weighted by Crippen LogP contribution is 2.24. The normalized spacial score (nSPS) is 18.2. The van der Waals surface area contributed by atoms with Gasteiger partial charge in [0.05, 0.1) is 0 Å². The van der Waals surface area contributed by atoms with Crippen molar-refractivity contribution in [2.24, 2.45) is 5.92 Å². The lowest BCUT2D eigenvalue weighted by Crippen LogP contribution is -2.27. The highest BCUT2D eigenvalue weighted by atomic mass is 19.3. The summed E-state index contributed by atoms with van der Waals surface area (Å²) in [5, 5.41) is 3.54. The summed E-state index contributed by atoms with van der Waals surface area (Å²) in [6.07, 6.45) is 6.71. The molecule has 0 spiro atoms. The van der Waals surface area contributed by atoms with Gasteiger partial charge in [-0.15, -0.1) is 0 Å². The van der Waals surface area contributed by atoms with Crippen LogP contribution in [0.2, 0.25) is 0 Å². The van der Waals surface area contributed by atoms with Gasteiger partial charge in [0, 0.05) is 6.04 Å². The number of halogens is 2. The maximum absolute atomic E-state index is 12.1.